The molecule has 0 spiro atoms. The second kappa shape index (κ2) is 7.03. The Kier molecular flexibility index (Phi) is 4.57. The van der Waals surface area contributed by atoms with Gasteiger partial charge in [-0.2, -0.15) is 0 Å². The summed E-state index contributed by atoms with van der Waals surface area (Å²) in [6, 6.07) is 30.6. The van der Waals surface area contributed by atoms with Crippen LogP contribution in [0.15, 0.2) is 91.0 Å². The van der Waals surface area contributed by atoms with Gasteiger partial charge in [-0.3, -0.25) is 4.79 Å². The van der Waals surface area contributed by atoms with E-state index < -0.39 is 11.0 Å². The Balaban J connectivity index is 1.72. The van der Waals surface area contributed by atoms with Gasteiger partial charge in [0.25, 0.3) is 0 Å². The molecule has 2 nitrogen and oxygen atoms in total. The van der Waals surface area contributed by atoms with Gasteiger partial charge in [0, 0.05) is 6.42 Å². The predicted octanol–water partition coefficient (Wildman–Crippen LogP) is 5.32. The summed E-state index contributed by atoms with van der Waals surface area (Å²) in [5, 5.41) is 0. The summed E-state index contributed by atoms with van der Waals surface area (Å²) in [7, 11) is 0. The fourth-order valence-electron chi connectivity index (χ4n) is 4.32. The summed E-state index contributed by atoms with van der Waals surface area (Å²) in [6.07, 6.45) is 2.04. The molecule has 0 N–H and O–H groups in total. The highest BCUT2D eigenvalue weighted by atomic mass is 16.6. The summed E-state index contributed by atoms with van der Waals surface area (Å²) >= 11 is 0. The highest BCUT2D eigenvalue weighted by molar-refractivity contribution is 5.81. The van der Waals surface area contributed by atoms with Crippen LogP contribution in [-0.2, 0) is 28.0 Å². The van der Waals surface area contributed by atoms with Gasteiger partial charge in [0.2, 0.25) is 0 Å². The Bertz CT molecular complexity index is 861. The minimum absolute atomic E-state index is 0.0958. The zero-order chi connectivity index (χ0) is 18.7. The first-order valence-corrected chi connectivity index (χ1v) is 9.47. The molecule has 3 aromatic rings. The highest BCUT2D eigenvalue weighted by Crippen LogP contribution is 2.49. The van der Waals surface area contributed by atoms with Crippen molar-refractivity contribution in [1.29, 1.82) is 0 Å². The van der Waals surface area contributed by atoms with E-state index in [4.69, 9.17) is 4.74 Å². The van der Waals surface area contributed by atoms with Gasteiger partial charge in [-0.05, 0) is 36.5 Å². The van der Waals surface area contributed by atoms with Crippen LogP contribution in [0.2, 0.25) is 0 Å². The number of carbonyl (C=O) groups excluding carboxylic acids is 1. The molecule has 27 heavy (non-hydrogen) atoms. The molecule has 1 aliphatic heterocycles. The Morgan fingerprint density at radius 3 is 1.67 bits per heavy atom. The van der Waals surface area contributed by atoms with E-state index in [0.29, 0.717) is 19.3 Å². The summed E-state index contributed by atoms with van der Waals surface area (Å²) in [5.41, 5.74) is 2.24. The topological polar surface area (TPSA) is 26.3 Å². The van der Waals surface area contributed by atoms with Crippen molar-refractivity contribution in [3.63, 3.8) is 0 Å². The lowest BCUT2D eigenvalue weighted by molar-refractivity contribution is -0.153. The van der Waals surface area contributed by atoms with E-state index in [1.54, 1.807) is 0 Å². The van der Waals surface area contributed by atoms with Gasteiger partial charge in [0.1, 0.15) is 5.60 Å². The zero-order valence-corrected chi connectivity index (χ0v) is 15.6. The maximum atomic E-state index is 13.3. The standard InChI is InChI=1S/C25H24O2/c1-24(22-15-9-4-10-16-22)19-25(23(26)27-24,17-20-11-5-2-6-12-20)18-21-13-7-3-8-14-21/h2-16H,17-19H2,1H3. The van der Waals surface area contributed by atoms with Gasteiger partial charge in [-0.1, -0.05) is 91.0 Å². The Morgan fingerprint density at radius 1 is 0.741 bits per heavy atom. The third kappa shape index (κ3) is 3.52. The fraction of sp³-hybridized carbons (Fsp3) is 0.240. The third-order valence-corrected chi connectivity index (χ3v) is 5.58. The van der Waals surface area contributed by atoms with Gasteiger partial charge in [-0.15, -0.1) is 0 Å². The van der Waals surface area contributed by atoms with Gasteiger partial charge in [0.15, 0.2) is 0 Å². The molecule has 0 amide bonds. The summed E-state index contributed by atoms with van der Waals surface area (Å²) in [5.74, 6) is -0.0958. The minimum atomic E-state index is -0.595. The zero-order valence-electron chi connectivity index (χ0n) is 15.6. The normalized spacial score (nSPS) is 21.0. The van der Waals surface area contributed by atoms with Crippen LogP contribution in [0.1, 0.15) is 30.0 Å². The molecule has 0 radical (unpaired) electrons. The smallest absolute Gasteiger partial charge is 0.313 e. The first kappa shape index (κ1) is 17.5. The first-order chi connectivity index (χ1) is 13.1. The second-order valence-electron chi connectivity index (χ2n) is 7.77. The molecule has 1 fully saturated rings. The average Bonchev–Trinajstić information content (AvgIpc) is 2.95. The monoisotopic (exact) mass is 356 g/mol. The van der Waals surface area contributed by atoms with Crippen molar-refractivity contribution in [2.75, 3.05) is 0 Å². The fourth-order valence-corrected chi connectivity index (χ4v) is 4.32. The molecular formula is C25H24O2. The number of rotatable bonds is 5. The Morgan fingerprint density at radius 2 is 1.19 bits per heavy atom. The van der Waals surface area contributed by atoms with Crippen LogP contribution >= 0.6 is 0 Å². The van der Waals surface area contributed by atoms with E-state index in [2.05, 4.69) is 24.3 Å². The SMILES string of the molecule is CC1(c2ccccc2)CC(Cc2ccccc2)(Cc2ccccc2)C(=O)O1. The van der Waals surface area contributed by atoms with E-state index >= 15 is 0 Å². The number of cyclic esters (lactones) is 1. The lowest BCUT2D eigenvalue weighted by atomic mass is 9.71. The van der Waals surface area contributed by atoms with Crippen molar-refractivity contribution in [3.05, 3.63) is 108 Å². The van der Waals surface area contributed by atoms with Gasteiger partial charge >= 0.3 is 5.97 Å². The molecule has 1 atom stereocenters. The lowest BCUT2D eigenvalue weighted by Crippen LogP contribution is -2.32. The molecule has 0 aliphatic carbocycles. The molecule has 136 valence electrons. The van der Waals surface area contributed by atoms with Crippen LogP contribution in [0.4, 0.5) is 0 Å². The average molecular weight is 356 g/mol. The lowest BCUT2D eigenvalue weighted by Gasteiger charge is -2.27. The number of carbonyl (C=O) groups is 1. The third-order valence-electron chi connectivity index (χ3n) is 5.58. The Labute approximate surface area is 160 Å². The van der Waals surface area contributed by atoms with Crippen LogP contribution in [0.5, 0.6) is 0 Å². The van der Waals surface area contributed by atoms with Crippen LogP contribution < -0.4 is 0 Å². The van der Waals surface area contributed by atoms with Gasteiger partial charge in [0.05, 0.1) is 5.41 Å². The van der Waals surface area contributed by atoms with Crippen LogP contribution in [0.3, 0.4) is 0 Å². The largest absolute Gasteiger partial charge is 0.454 e. The van der Waals surface area contributed by atoms with Crippen LogP contribution in [-0.4, -0.2) is 5.97 Å². The molecule has 1 saturated heterocycles. The van der Waals surface area contributed by atoms with Crippen molar-refractivity contribution < 1.29 is 9.53 Å². The first-order valence-electron chi connectivity index (χ1n) is 9.47. The van der Waals surface area contributed by atoms with Crippen molar-refractivity contribution in [1.82, 2.24) is 0 Å². The molecule has 0 aromatic heterocycles. The molecule has 1 unspecified atom stereocenters. The van der Waals surface area contributed by atoms with Crippen molar-refractivity contribution >= 4 is 5.97 Å². The van der Waals surface area contributed by atoms with E-state index in [1.807, 2.05) is 73.7 Å². The highest BCUT2D eigenvalue weighted by Gasteiger charge is 2.55. The number of benzene rings is 3. The molecule has 2 heteroatoms. The summed E-state index contributed by atoms with van der Waals surface area (Å²) in [4.78, 5) is 13.3. The second-order valence-corrected chi connectivity index (χ2v) is 7.77. The molecule has 0 saturated carbocycles. The number of hydrogen-bond donors (Lipinski definition) is 0. The van der Waals surface area contributed by atoms with Crippen LogP contribution in [0, 0.1) is 5.41 Å². The minimum Gasteiger partial charge on any atom is -0.454 e. The summed E-state index contributed by atoms with van der Waals surface area (Å²) in [6.45, 7) is 2.04. The Hall–Kier alpha value is -2.87. The van der Waals surface area contributed by atoms with Crippen molar-refractivity contribution in [2.45, 2.75) is 31.8 Å². The van der Waals surface area contributed by atoms with Crippen molar-refractivity contribution in [2.24, 2.45) is 5.41 Å². The number of hydrogen-bond acceptors (Lipinski definition) is 2. The molecule has 1 heterocycles. The molecule has 1 aliphatic rings. The molecule has 3 aromatic carbocycles. The van der Waals surface area contributed by atoms with Gasteiger partial charge in [-0.25, -0.2) is 0 Å². The van der Waals surface area contributed by atoms with Gasteiger partial charge < -0.3 is 4.74 Å². The maximum Gasteiger partial charge on any atom is 0.313 e. The number of esters is 1. The van der Waals surface area contributed by atoms with E-state index in [9.17, 15) is 4.79 Å². The number of ether oxygens (including phenoxy) is 1. The molecule has 0 bridgehead atoms. The maximum absolute atomic E-state index is 13.3. The van der Waals surface area contributed by atoms with Crippen molar-refractivity contribution in [3.8, 4) is 0 Å². The van der Waals surface area contributed by atoms with E-state index in [0.717, 1.165) is 5.56 Å². The molecule has 4 rings (SSSR count). The van der Waals surface area contributed by atoms with E-state index in [1.165, 1.54) is 11.1 Å². The molecular weight excluding hydrogens is 332 g/mol. The van der Waals surface area contributed by atoms with E-state index in [-0.39, 0.29) is 5.97 Å². The predicted molar refractivity (Wildman–Crippen MR) is 107 cm³/mol. The van der Waals surface area contributed by atoms with Crippen LogP contribution in [0.25, 0.3) is 0 Å². The quantitative estimate of drug-likeness (QED) is 0.578. The summed E-state index contributed by atoms with van der Waals surface area (Å²) < 4.78 is 6.06.